The number of rotatable bonds is 3. The molecule has 0 fully saturated rings. The van der Waals surface area contributed by atoms with Gasteiger partial charge in [0.25, 0.3) is 0 Å². The van der Waals surface area contributed by atoms with Crippen LogP contribution in [-0.4, -0.2) is 0 Å². The molecule has 1 aromatic heterocycles. The third kappa shape index (κ3) is 3.55. The Hall–Kier alpha value is -0.486. The van der Waals surface area contributed by atoms with E-state index in [2.05, 4.69) is 74.0 Å². The van der Waals surface area contributed by atoms with Crippen molar-refractivity contribution in [1.82, 2.24) is 0 Å². The molecule has 4 heteroatoms. The first kappa shape index (κ1) is 19.8. The summed E-state index contributed by atoms with van der Waals surface area (Å²) in [5, 5.41) is 1.69. The van der Waals surface area contributed by atoms with E-state index in [1.54, 1.807) is 20.3 Å². The van der Waals surface area contributed by atoms with Crippen molar-refractivity contribution in [3.8, 4) is 0 Å². The van der Waals surface area contributed by atoms with E-state index in [9.17, 15) is 0 Å². The van der Waals surface area contributed by atoms with Gasteiger partial charge in [0.2, 0.25) is 0 Å². The third-order valence-electron chi connectivity index (χ3n) is 4.78. The molecule has 24 heavy (non-hydrogen) atoms. The van der Waals surface area contributed by atoms with Crippen LogP contribution < -0.4 is 24.8 Å². The standard InChI is InChI=1S/C13H10P.C7H9.2ClH.Ti/c1-2-6-12-10-13(9-11(12)5-1)14-7-3-4-8-14;1-6-4-3-5-7(6)2;;;/h1-10H;4H,3H2,1-2H3;2*1H;/q;;;;+2/p-2. The zero-order valence-corrected chi connectivity index (χ0v) is 17.7. The van der Waals surface area contributed by atoms with Crippen LogP contribution in [0.3, 0.4) is 0 Å². The third-order valence-corrected chi connectivity index (χ3v) is 10.0. The molecule has 122 valence electrons. The topological polar surface area (TPSA) is 0 Å². The van der Waals surface area contributed by atoms with Crippen molar-refractivity contribution in [2.24, 2.45) is 0 Å². The van der Waals surface area contributed by atoms with Gasteiger partial charge in [-0.3, -0.25) is 0 Å². The second-order valence-corrected chi connectivity index (χ2v) is 10.3. The fourth-order valence-corrected chi connectivity index (χ4v) is 8.58. The van der Waals surface area contributed by atoms with E-state index in [1.165, 1.54) is 17.6 Å². The van der Waals surface area contributed by atoms with Crippen LogP contribution in [0.5, 0.6) is 0 Å². The summed E-state index contributed by atoms with van der Waals surface area (Å²) in [5.74, 6) is 4.82. The van der Waals surface area contributed by atoms with Crippen molar-refractivity contribution < 1.29 is 44.0 Å². The molecule has 0 nitrogen and oxygen atoms in total. The zero-order chi connectivity index (χ0) is 15.1. The summed E-state index contributed by atoms with van der Waals surface area (Å²) in [6.07, 6.45) is 6.10. The Bertz CT molecular complexity index is 816. The minimum atomic E-state index is -0.186. The van der Waals surface area contributed by atoms with E-state index >= 15 is 0 Å². The first-order chi connectivity index (χ1) is 10.7. The molecule has 0 spiro atoms. The fraction of sp³-hybridized carbons (Fsp3) is 0.200. The first-order valence-electron chi connectivity index (χ1n) is 7.81. The molecule has 1 atom stereocenters. The second-order valence-electron chi connectivity index (χ2n) is 6.06. The van der Waals surface area contributed by atoms with Crippen molar-refractivity contribution in [3.05, 3.63) is 80.2 Å². The van der Waals surface area contributed by atoms with Gasteiger partial charge in [-0.1, -0.05) is 0 Å². The van der Waals surface area contributed by atoms with E-state index in [1.807, 2.05) is 0 Å². The molecule has 0 amide bonds. The molecule has 2 aliphatic rings. The molecule has 0 bridgehead atoms. The Kier molecular flexibility index (Phi) is 6.83. The number of hydrogen-bond acceptors (Lipinski definition) is 0. The summed E-state index contributed by atoms with van der Waals surface area (Å²) in [6, 6.07) is 13.5. The molecule has 2 aliphatic carbocycles. The molecule has 4 rings (SSSR count). The molecule has 2 aromatic rings. The Morgan fingerprint density at radius 2 is 1.71 bits per heavy atom. The molecule has 1 aromatic carbocycles. The van der Waals surface area contributed by atoms with Crippen LogP contribution in [0.15, 0.2) is 69.1 Å². The van der Waals surface area contributed by atoms with Gasteiger partial charge < -0.3 is 24.8 Å². The number of benzene rings is 1. The number of hydrogen-bond donors (Lipinski definition) is 0. The summed E-state index contributed by atoms with van der Waals surface area (Å²) < 4.78 is 2.45. The first-order valence-corrected chi connectivity index (χ1v) is 11.0. The van der Waals surface area contributed by atoms with Gasteiger partial charge >= 0.3 is 143 Å². The molecule has 0 saturated heterocycles. The van der Waals surface area contributed by atoms with Crippen molar-refractivity contribution in [1.29, 1.82) is 0 Å². The minimum absolute atomic E-state index is 0. The summed E-state index contributed by atoms with van der Waals surface area (Å²) in [5.41, 5.74) is 6.12. The van der Waals surface area contributed by atoms with E-state index in [-0.39, 0.29) is 51.5 Å². The van der Waals surface area contributed by atoms with Crippen molar-refractivity contribution in [3.63, 3.8) is 0 Å². The summed E-state index contributed by atoms with van der Waals surface area (Å²) in [4.78, 5) is 0. The van der Waals surface area contributed by atoms with Gasteiger partial charge in [0.15, 0.2) is 0 Å². The molecule has 0 aliphatic heterocycles. The second kappa shape index (κ2) is 8.26. The summed E-state index contributed by atoms with van der Waals surface area (Å²) >= 11 is -0.149. The number of fused-ring (bicyclic) bond motifs is 1. The summed E-state index contributed by atoms with van der Waals surface area (Å²) in [6.45, 7) is 4.59. The Balaban J connectivity index is 0.00000104. The molecule has 0 N–H and O–H groups in total. The maximum absolute atomic E-state index is 2.49. The number of halogens is 2. The molecular weight excluding hydrogens is 390 g/mol. The predicted octanol–water partition coefficient (Wildman–Crippen LogP) is 0.441. The van der Waals surface area contributed by atoms with Gasteiger partial charge in [-0.25, -0.2) is 0 Å². The smallest absolute Gasteiger partial charge is 1.00 e. The van der Waals surface area contributed by atoms with Gasteiger partial charge in [0, 0.05) is 0 Å². The van der Waals surface area contributed by atoms with Gasteiger partial charge in [-0.05, 0) is 0 Å². The van der Waals surface area contributed by atoms with Crippen LogP contribution in [0.4, 0.5) is 0 Å². The van der Waals surface area contributed by atoms with Crippen molar-refractivity contribution in [2.75, 3.05) is 0 Å². The molecule has 1 heterocycles. The Morgan fingerprint density at radius 3 is 2.38 bits per heavy atom. The van der Waals surface area contributed by atoms with Gasteiger partial charge in [-0.2, -0.15) is 0 Å². The largest absolute Gasteiger partial charge is 1.00 e. The van der Waals surface area contributed by atoms with Crippen LogP contribution in [0.25, 0.3) is 11.4 Å². The van der Waals surface area contributed by atoms with Crippen LogP contribution in [-0.2, 0) is 19.2 Å². The fourth-order valence-electron chi connectivity index (χ4n) is 3.33. The van der Waals surface area contributed by atoms with Crippen LogP contribution in [0.2, 0.25) is 0 Å². The molecular formula is C20H19Cl2PTi. The monoisotopic (exact) mass is 408 g/mol. The number of allylic oxidation sites excluding steroid dienone is 5. The molecule has 1 unspecified atom stereocenters. The average Bonchev–Trinajstić information content (AvgIpc) is 3.23. The maximum atomic E-state index is 2.49. The van der Waals surface area contributed by atoms with Crippen molar-refractivity contribution >= 4 is 18.9 Å². The van der Waals surface area contributed by atoms with Crippen LogP contribution >= 0.6 is 7.53 Å². The normalized spacial score (nSPS) is 18.2. The average molecular weight is 409 g/mol. The van der Waals surface area contributed by atoms with E-state index in [4.69, 9.17) is 0 Å². The van der Waals surface area contributed by atoms with Crippen LogP contribution in [0.1, 0.15) is 35.6 Å². The van der Waals surface area contributed by atoms with Crippen LogP contribution in [0, 0.1) is 0 Å². The maximum Gasteiger partial charge on any atom is -1.00 e. The quantitative estimate of drug-likeness (QED) is 0.646. The van der Waals surface area contributed by atoms with E-state index < -0.39 is 0 Å². The van der Waals surface area contributed by atoms with E-state index in [0.29, 0.717) is 4.22 Å². The minimum Gasteiger partial charge on any atom is -1.00 e. The predicted molar refractivity (Wildman–Crippen MR) is 93.6 cm³/mol. The van der Waals surface area contributed by atoms with E-state index in [0.717, 1.165) is 0 Å². The van der Waals surface area contributed by atoms with Crippen molar-refractivity contribution in [2.45, 2.75) is 24.5 Å². The Labute approximate surface area is 166 Å². The SMILES string of the molecule is CC1=CC[C]([Ti+2][CH]2C(p3cccc3)=Cc3ccccc32)=C1C.[Cl-].[Cl-]. The van der Waals surface area contributed by atoms with Gasteiger partial charge in [0.1, 0.15) is 0 Å². The molecule has 0 saturated carbocycles. The Morgan fingerprint density at radius 1 is 1.00 bits per heavy atom. The van der Waals surface area contributed by atoms with Gasteiger partial charge in [-0.15, -0.1) is 0 Å². The zero-order valence-electron chi connectivity index (χ0n) is 13.8. The summed E-state index contributed by atoms with van der Waals surface area (Å²) in [7, 11) is -0.186. The van der Waals surface area contributed by atoms with Gasteiger partial charge in [0.05, 0.1) is 0 Å². The molecule has 0 radical (unpaired) electrons.